The smallest absolute Gasteiger partial charge is 0.158 e. The van der Waals surface area contributed by atoms with Crippen LogP contribution in [0.4, 0.5) is 0 Å². The van der Waals surface area contributed by atoms with E-state index in [0.717, 1.165) is 17.0 Å². The van der Waals surface area contributed by atoms with Crippen LogP contribution in [0.2, 0.25) is 0 Å². The van der Waals surface area contributed by atoms with Gasteiger partial charge in [-0.3, -0.25) is 0 Å². The monoisotopic (exact) mass is 250 g/mol. The minimum absolute atomic E-state index is 0.557. The third kappa shape index (κ3) is 2.83. The van der Waals surface area contributed by atoms with Crippen molar-refractivity contribution in [2.24, 2.45) is 0 Å². The van der Waals surface area contributed by atoms with Gasteiger partial charge in [0.05, 0.1) is 18.1 Å². The van der Waals surface area contributed by atoms with Gasteiger partial charge < -0.3 is 4.74 Å². The molecule has 0 atom stereocenters. The Morgan fingerprint density at radius 2 is 1.58 bits per heavy atom. The molecule has 19 heavy (non-hydrogen) atoms. The van der Waals surface area contributed by atoms with Gasteiger partial charge in [-0.15, -0.1) is 0 Å². The first-order valence-corrected chi connectivity index (χ1v) is 6.19. The van der Waals surface area contributed by atoms with Crippen LogP contribution in [-0.2, 0) is 6.61 Å². The van der Waals surface area contributed by atoms with Crippen LogP contribution in [0.15, 0.2) is 73.1 Å². The maximum absolute atomic E-state index is 5.71. The summed E-state index contributed by atoms with van der Waals surface area (Å²) < 4.78 is 7.52. The summed E-state index contributed by atoms with van der Waals surface area (Å²) in [4.78, 5) is 0. The maximum atomic E-state index is 5.71. The van der Waals surface area contributed by atoms with Crippen molar-refractivity contribution in [3.8, 4) is 11.4 Å². The van der Waals surface area contributed by atoms with E-state index >= 15 is 0 Å². The number of ether oxygens (including phenoxy) is 1. The molecule has 0 aliphatic rings. The number of aromatic nitrogens is 2. The molecule has 3 aromatic rings. The van der Waals surface area contributed by atoms with Gasteiger partial charge in [-0.1, -0.05) is 48.5 Å². The molecule has 0 saturated carbocycles. The Labute approximate surface area is 112 Å². The molecule has 0 bridgehead atoms. The van der Waals surface area contributed by atoms with Crippen molar-refractivity contribution in [3.63, 3.8) is 0 Å². The fraction of sp³-hybridized carbons (Fsp3) is 0.0625. The number of hydrogen-bond donors (Lipinski definition) is 0. The van der Waals surface area contributed by atoms with E-state index in [1.807, 2.05) is 66.9 Å². The molecule has 0 aliphatic heterocycles. The maximum Gasteiger partial charge on any atom is 0.158 e. The molecule has 2 aromatic carbocycles. The first-order valence-electron chi connectivity index (χ1n) is 6.19. The van der Waals surface area contributed by atoms with Gasteiger partial charge >= 0.3 is 0 Å². The molecule has 0 saturated heterocycles. The summed E-state index contributed by atoms with van der Waals surface area (Å²) >= 11 is 0. The van der Waals surface area contributed by atoms with Gasteiger partial charge in [-0.2, -0.15) is 5.10 Å². The highest BCUT2D eigenvalue weighted by Gasteiger charge is 2.01. The van der Waals surface area contributed by atoms with E-state index in [4.69, 9.17) is 4.74 Å². The van der Waals surface area contributed by atoms with Crippen LogP contribution in [0.1, 0.15) is 5.56 Å². The van der Waals surface area contributed by atoms with Crippen molar-refractivity contribution in [3.05, 3.63) is 78.6 Å². The second kappa shape index (κ2) is 5.40. The lowest BCUT2D eigenvalue weighted by atomic mass is 10.2. The van der Waals surface area contributed by atoms with Crippen LogP contribution < -0.4 is 4.74 Å². The summed E-state index contributed by atoms with van der Waals surface area (Å²) in [5, 5.41) is 4.29. The molecule has 1 aromatic heterocycles. The summed E-state index contributed by atoms with van der Waals surface area (Å²) in [6, 6.07) is 20.1. The van der Waals surface area contributed by atoms with Crippen molar-refractivity contribution >= 4 is 0 Å². The van der Waals surface area contributed by atoms with Crippen molar-refractivity contribution in [1.82, 2.24) is 9.78 Å². The minimum atomic E-state index is 0.557. The molecule has 0 radical (unpaired) electrons. The summed E-state index contributed by atoms with van der Waals surface area (Å²) in [6.07, 6.45) is 3.62. The van der Waals surface area contributed by atoms with Crippen molar-refractivity contribution < 1.29 is 4.74 Å². The van der Waals surface area contributed by atoms with Gasteiger partial charge in [-0.25, -0.2) is 4.68 Å². The molecular weight excluding hydrogens is 236 g/mol. The quantitative estimate of drug-likeness (QED) is 0.709. The van der Waals surface area contributed by atoms with Crippen LogP contribution in [-0.4, -0.2) is 9.78 Å². The Balaban J connectivity index is 1.69. The highest BCUT2D eigenvalue weighted by atomic mass is 16.5. The number of para-hydroxylation sites is 1. The van der Waals surface area contributed by atoms with Crippen molar-refractivity contribution in [1.29, 1.82) is 0 Å². The summed E-state index contributed by atoms with van der Waals surface area (Å²) in [5.41, 5.74) is 2.17. The Morgan fingerprint density at radius 3 is 2.32 bits per heavy atom. The second-order valence-electron chi connectivity index (χ2n) is 4.23. The fourth-order valence-electron chi connectivity index (χ4n) is 1.84. The van der Waals surface area contributed by atoms with E-state index in [-0.39, 0.29) is 0 Å². The molecule has 3 heteroatoms. The van der Waals surface area contributed by atoms with E-state index in [1.165, 1.54) is 0 Å². The first kappa shape index (κ1) is 11.5. The Bertz CT molecular complexity index is 632. The van der Waals surface area contributed by atoms with Crippen LogP contribution in [0.3, 0.4) is 0 Å². The number of hydrogen-bond acceptors (Lipinski definition) is 2. The fourth-order valence-corrected chi connectivity index (χ4v) is 1.84. The normalized spacial score (nSPS) is 10.3. The molecule has 0 N–H and O–H groups in total. The van der Waals surface area contributed by atoms with Crippen LogP contribution in [0.25, 0.3) is 5.69 Å². The Hall–Kier alpha value is -2.55. The van der Waals surface area contributed by atoms with E-state index < -0.39 is 0 Å². The highest BCUT2D eigenvalue weighted by molar-refractivity contribution is 5.32. The molecule has 1 heterocycles. The van der Waals surface area contributed by atoms with E-state index in [9.17, 15) is 0 Å². The molecule has 0 amide bonds. The molecule has 3 rings (SSSR count). The molecule has 94 valence electrons. The summed E-state index contributed by atoms with van der Waals surface area (Å²) in [7, 11) is 0. The zero-order chi connectivity index (χ0) is 12.9. The second-order valence-corrected chi connectivity index (χ2v) is 4.23. The van der Waals surface area contributed by atoms with Crippen molar-refractivity contribution in [2.75, 3.05) is 0 Å². The minimum Gasteiger partial charge on any atom is -0.486 e. The SMILES string of the molecule is c1ccc(COc2cnn(-c3ccccc3)c2)cc1. The first-order chi connectivity index (χ1) is 9.42. The van der Waals surface area contributed by atoms with Gasteiger partial charge in [0.1, 0.15) is 6.61 Å². The number of nitrogens with zero attached hydrogens (tertiary/aromatic N) is 2. The molecule has 0 spiro atoms. The Morgan fingerprint density at radius 1 is 0.895 bits per heavy atom. The molecule has 0 unspecified atom stereocenters. The van der Waals surface area contributed by atoms with Gasteiger partial charge in [0.2, 0.25) is 0 Å². The molecule has 0 aliphatic carbocycles. The van der Waals surface area contributed by atoms with Gasteiger partial charge in [0, 0.05) is 0 Å². The lowest BCUT2D eigenvalue weighted by Crippen LogP contribution is -1.94. The van der Waals surface area contributed by atoms with Crippen LogP contribution in [0.5, 0.6) is 5.75 Å². The zero-order valence-corrected chi connectivity index (χ0v) is 10.4. The highest BCUT2D eigenvalue weighted by Crippen LogP contribution is 2.14. The summed E-state index contributed by atoms with van der Waals surface area (Å²) in [5.74, 6) is 0.771. The lowest BCUT2D eigenvalue weighted by Gasteiger charge is -2.03. The predicted octanol–water partition coefficient (Wildman–Crippen LogP) is 3.45. The summed E-state index contributed by atoms with van der Waals surface area (Å²) in [6.45, 7) is 0.557. The predicted molar refractivity (Wildman–Crippen MR) is 74.3 cm³/mol. The van der Waals surface area contributed by atoms with E-state index in [0.29, 0.717) is 6.61 Å². The van der Waals surface area contributed by atoms with Crippen LogP contribution >= 0.6 is 0 Å². The average Bonchev–Trinajstić information content (AvgIpc) is 2.96. The van der Waals surface area contributed by atoms with Crippen molar-refractivity contribution in [2.45, 2.75) is 6.61 Å². The molecule has 0 fully saturated rings. The number of benzene rings is 2. The number of rotatable bonds is 4. The van der Waals surface area contributed by atoms with Gasteiger partial charge in [0.15, 0.2) is 5.75 Å². The molecule has 3 nitrogen and oxygen atoms in total. The topological polar surface area (TPSA) is 27.1 Å². The zero-order valence-electron chi connectivity index (χ0n) is 10.4. The van der Waals surface area contributed by atoms with Gasteiger partial charge in [0.25, 0.3) is 0 Å². The Kier molecular flexibility index (Phi) is 3.28. The largest absolute Gasteiger partial charge is 0.486 e. The van der Waals surface area contributed by atoms with E-state index in [1.54, 1.807) is 10.9 Å². The lowest BCUT2D eigenvalue weighted by molar-refractivity contribution is 0.306. The third-order valence-corrected chi connectivity index (χ3v) is 2.83. The van der Waals surface area contributed by atoms with Gasteiger partial charge in [-0.05, 0) is 17.7 Å². The third-order valence-electron chi connectivity index (χ3n) is 2.83. The average molecular weight is 250 g/mol. The van der Waals surface area contributed by atoms with Crippen LogP contribution in [0, 0.1) is 0 Å². The van der Waals surface area contributed by atoms with E-state index in [2.05, 4.69) is 5.10 Å². The standard InChI is InChI=1S/C16H14N2O/c1-3-7-14(8-4-1)13-19-16-11-17-18(12-16)15-9-5-2-6-10-15/h1-12H,13H2. The molecular formula is C16H14N2O.